The lowest BCUT2D eigenvalue weighted by molar-refractivity contribution is -0.130. The minimum Gasteiger partial charge on any atom is -0.342 e. The maximum atomic E-state index is 12.8. The molecule has 2 aliphatic heterocycles. The first-order valence-corrected chi connectivity index (χ1v) is 11.7. The molecule has 1 aromatic carbocycles. The average Bonchev–Trinajstić information content (AvgIpc) is 3.34. The normalized spacial score (nSPS) is 18.3. The maximum Gasteiger partial charge on any atom is 0.254 e. The Kier molecular flexibility index (Phi) is 6.30. The zero-order valence-corrected chi connectivity index (χ0v) is 18.7. The van der Waals surface area contributed by atoms with Gasteiger partial charge in [-0.15, -0.1) is 0 Å². The molecule has 33 heavy (non-hydrogen) atoms. The Morgan fingerprint density at radius 2 is 1.94 bits per heavy atom. The largest absolute Gasteiger partial charge is 0.342 e. The smallest absolute Gasteiger partial charge is 0.254 e. The van der Waals surface area contributed by atoms with Gasteiger partial charge in [0.05, 0.1) is 5.69 Å². The van der Waals surface area contributed by atoms with E-state index < -0.39 is 0 Å². The second-order valence-electron chi connectivity index (χ2n) is 9.01. The second kappa shape index (κ2) is 9.67. The van der Waals surface area contributed by atoms with Crippen molar-refractivity contribution in [2.45, 2.75) is 44.7 Å². The first-order chi connectivity index (χ1) is 16.2. The number of fused-ring (bicyclic) bond motifs is 1. The third-order valence-corrected chi connectivity index (χ3v) is 6.70. The van der Waals surface area contributed by atoms with Crippen molar-refractivity contribution in [3.63, 3.8) is 0 Å². The molecule has 2 aromatic heterocycles. The number of aromatic nitrogens is 3. The molecular formula is C26H29N5O2. The van der Waals surface area contributed by atoms with E-state index in [1.165, 1.54) is 5.56 Å². The predicted octanol–water partition coefficient (Wildman–Crippen LogP) is 2.67. The molecule has 2 aliphatic rings. The zero-order valence-electron chi connectivity index (χ0n) is 18.7. The summed E-state index contributed by atoms with van der Waals surface area (Å²) in [6, 6.07) is 14.1. The number of nitrogens with zero attached hydrogens (tertiary/aromatic N) is 4. The van der Waals surface area contributed by atoms with Crippen LogP contribution in [-0.4, -0.2) is 50.3 Å². The van der Waals surface area contributed by atoms with Gasteiger partial charge in [0, 0.05) is 63.0 Å². The second-order valence-corrected chi connectivity index (χ2v) is 9.01. The number of H-pyrrole nitrogens is 1. The van der Waals surface area contributed by atoms with Crippen molar-refractivity contribution in [2.75, 3.05) is 19.6 Å². The molecular weight excluding hydrogens is 414 g/mol. The minimum absolute atomic E-state index is 0.0233. The zero-order chi connectivity index (χ0) is 22.6. The number of hydrogen-bond acceptors (Lipinski definition) is 5. The van der Waals surface area contributed by atoms with Gasteiger partial charge in [0.15, 0.2) is 0 Å². The molecule has 1 atom stereocenters. The summed E-state index contributed by atoms with van der Waals surface area (Å²) in [4.78, 5) is 41.8. The summed E-state index contributed by atoms with van der Waals surface area (Å²) in [5.74, 6) is 0.974. The van der Waals surface area contributed by atoms with E-state index in [-0.39, 0.29) is 17.4 Å². The van der Waals surface area contributed by atoms with Gasteiger partial charge in [-0.05, 0) is 36.5 Å². The molecule has 170 valence electrons. The molecule has 1 N–H and O–H groups in total. The summed E-state index contributed by atoms with van der Waals surface area (Å²) in [6.07, 6.45) is 6.45. The lowest BCUT2D eigenvalue weighted by Gasteiger charge is -2.28. The van der Waals surface area contributed by atoms with Crippen LogP contribution in [0.5, 0.6) is 0 Å². The number of amides is 1. The van der Waals surface area contributed by atoms with E-state index >= 15 is 0 Å². The monoisotopic (exact) mass is 443 g/mol. The van der Waals surface area contributed by atoms with E-state index in [4.69, 9.17) is 4.98 Å². The molecule has 4 heterocycles. The molecule has 1 fully saturated rings. The quantitative estimate of drug-likeness (QED) is 0.633. The lowest BCUT2D eigenvalue weighted by Crippen LogP contribution is -2.36. The maximum absolute atomic E-state index is 12.8. The minimum atomic E-state index is -0.0233. The summed E-state index contributed by atoms with van der Waals surface area (Å²) in [7, 11) is 0. The summed E-state index contributed by atoms with van der Waals surface area (Å²) in [5.41, 5.74) is 3.99. The fourth-order valence-corrected chi connectivity index (χ4v) is 4.86. The van der Waals surface area contributed by atoms with Crippen molar-refractivity contribution < 1.29 is 4.79 Å². The van der Waals surface area contributed by atoms with Crippen molar-refractivity contribution in [3.05, 3.63) is 93.4 Å². The summed E-state index contributed by atoms with van der Waals surface area (Å²) >= 11 is 0. The van der Waals surface area contributed by atoms with Crippen LogP contribution < -0.4 is 5.56 Å². The molecule has 7 heteroatoms. The van der Waals surface area contributed by atoms with Gasteiger partial charge in [-0.3, -0.25) is 19.5 Å². The van der Waals surface area contributed by atoms with Crippen LogP contribution in [-0.2, 0) is 30.7 Å². The first-order valence-electron chi connectivity index (χ1n) is 11.7. The molecule has 3 aromatic rings. The number of carbonyl (C=O) groups is 1. The fourth-order valence-electron chi connectivity index (χ4n) is 4.86. The van der Waals surface area contributed by atoms with Crippen LogP contribution in [0, 0.1) is 0 Å². The van der Waals surface area contributed by atoms with E-state index in [1.807, 2.05) is 35.4 Å². The molecule has 0 spiro atoms. The van der Waals surface area contributed by atoms with Crippen LogP contribution in [0.15, 0.2) is 59.7 Å². The van der Waals surface area contributed by atoms with Gasteiger partial charge in [0.25, 0.3) is 5.56 Å². The van der Waals surface area contributed by atoms with Gasteiger partial charge in [-0.25, -0.2) is 4.98 Å². The first kappa shape index (κ1) is 21.5. The van der Waals surface area contributed by atoms with E-state index in [0.717, 1.165) is 48.6 Å². The highest BCUT2D eigenvalue weighted by Crippen LogP contribution is 2.26. The molecule has 1 saturated heterocycles. The van der Waals surface area contributed by atoms with Crippen molar-refractivity contribution in [2.24, 2.45) is 0 Å². The number of pyridine rings is 1. The number of aromatic amines is 1. The number of likely N-dealkylation sites (tertiary alicyclic amines) is 1. The number of benzene rings is 1. The van der Waals surface area contributed by atoms with Gasteiger partial charge in [-0.2, -0.15) is 0 Å². The Labute approximate surface area is 193 Å². The van der Waals surface area contributed by atoms with Crippen LogP contribution >= 0.6 is 0 Å². The van der Waals surface area contributed by atoms with Gasteiger partial charge in [0.2, 0.25) is 5.91 Å². The third-order valence-electron chi connectivity index (χ3n) is 6.70. The van der Waals surface area contributed by atoms with Crippen LogP contribution in [0.4, 0.5) is 0 Å². The van der Waals surface area contributed by atoms with Crippen molar-refractivity contribution in [1.29, 1.82) is 0 Å². The van der Waals surface area contributed by atoms with E-state index in [2.05, 4.69) is 33.1 Å². The summed E-state index contributed by atoms with van der Waals surface area (Å²) < 4.78 is 0. The topological polar surface area (TPSA) is 82.2 Å². The van der Waals surface area contributed by atoms with Crippen molar-refractivity contribution in [1.82, 2.24) is 24.8 Å². The Morgan fingerprint density at radius 3 is 2.76 bits per heavy atom. The van der Waals surface area contributed by atoms with Crippen LogP contribution in [0.2, 0.25) is 0 Å². The highest BCUT2D eigenvalue weighted by Gasteiger charge is 2.30. The van der Waals surface area contributed by atoms with Gasteiger partial charge < -0.3 is 9.88 Å². The van der Waals surface area contributed by atoms with Gasteiger partial charge in [-0.1, -0.05) is 36.4 Å². The van der Waals surface area contributed by atoms with Crippen molar-refractivity contribution in [3.8, 4) is 0 Å². The summed E-state index contributed by atoms with van der Waals surface area (Å²) in [6.45, 7) is 3.62. The highest BCUT2D eigenvalue weighted by atomic mass is 16.2. The van der Waals surface area contributed by atoms with Gasteiger partial charge >= 0.3 is 0 Å². The predicted molar refractivity (Wildman–Crippen MR) is 126 cm³/mol. The Hall–Kier alpha value is -3.32. The van der Waals surface area contributed by atoms with Crippen molar-refractivity contribution >= 4 is 5.91 Å². The Balaban J connectivity index is 1.23. The van der Waals surface area contributed by atoms with E-state index in [0.29, 0.717) is 32.5 Å². The number of aryl methyl sites for hydroxylation is 1. The van der Waals surface area contributed by atoms with Crippen LogP contribution in [0.1, 0.15) is 47.0 Å². The van der Waals surface area contributed by atoms with Crippen LogP contribution in [0.25, 0.3) is 0 Å². The molecule has 0 bridgehead atoms. The standard InChI is InChI=1S/C26H29N5O2/c32-24(9-8-19-5-2-1-3-6-19)31-14-10-21(17-31)25-28-23-18-30(13-11-22(23)26(33)29-25)16-20-7-4-12-27-15-20/h1-7,12,15,21H,8-11,13-14,16-18H2,(H,28,29,33)/t21-/m1/s1. The molecule has 0 saturated carbocycles. The molecule has 0 aliphatic carbocycles. The van der Waals surface area contributed by atoms with E-state index in [9.17, 15) is 9.59 Å². The molecule has 0 unspecified atom stereocenters. The SMILES string of the molecule is O=C(CCc1ccccc1)N1CC[C@@H](c2nc3c(c(=O)[nH]2)CCN(Cc2cccnc2)C3)C1. The average molecular weight is 444 g/mol. The Morgan fingerprint density at radius 1 is 1.09 bits per heavy atom. The van der Waals surface area contributed by atoms with Crippen LogP contribution in [0.3, 0.4) is 0 Å². The fraction of sp³-hybridized carbons (Fsp3) is 0.385. The molecule has 5 rings (SSSR count). The number of nitrogens with one attached hydrogen (secondary N) is 1. The lowest BCUT2D eigenvalue weighted by atomic mass is 10.0. The molecule has 1 amide bonds. The molecule has 0 radical (unpaired) electrons. The number of carbonyl (C=O) groups excluding carboxylic acids is 1. The number of hydrogen-bond donors (Lipinski definition) is 1. The highest BCUT2D eigenvalue weighted by molar-refractivity contribution is 5.76. The molecule has 7 nitrogen and oxygen atoms in total. The van der Waals surface area contributed by atoms with E-state index in [1.54, 1.807) is 6.20 Å². The third kappa shape index (κ3) is 5.03. The van der Waals surface area contributed by atoms with Gasteiger partial charge in [0.1, 0.15) is 5.82 Å². The number of rotatable bonds is 6. The summed E-state index contributed by atoms with van der Waals surface area (Å²) in [5, 5.41) is 0. The Bertz CT molecular complexity index is 1160.